The first-order valence-electron chi connectivity index (χ1n) is 5.15. The molecule has 0 aliphatic heterocycles. The van der Waals surface area contributed by atoms with Crippen molar-refractivity contribution < 1.29 is 0 Å². The number of rotatable bonds is 7. The average molecular weight is 166 g/mol. The molecule has 0 saturated carbocycles. The quantitative estimate of drug-likeness (QED) is 0.390. The highest BCUT2D eigenvalue weighted by Gasteiger charge is 1.99. The average Bonchev–Trinajstić information content (AvgIpc) is 2.06. The molecule has 0 heterocycles. The van der Waals surface area contributed by atoms with Crippen molar-refractivity contribution in [1.82, 2.24) is 0 Å². The SMILES string of the molecule is C=C=CCCC(C)CCCCC. The number of unbranched alkanes of at least 4 members (excludes halogenated alkanes) is 2. The first-order chi connectivity index (χ1) is 5.81. The van der Waals surface area contributed by atoms with Crippen molar-refractivity contribution in [3.8, 4) is 0 Å². The van der Waals surface area contributed by atoms with Crippen LogP contribution in [0.15, 0.2) is 18.4 Å². The van der Waals surface area contributed by atoms with E-state index in [4.69, 9.17) is 0 Å². The van der Waals surface area contributed by atoms with E-state index in [-0.39, 0.29) is 0 Å². The lowest BCUT2D eigenvalue weighted by atomic mass is 9.98. The summed E-state index contributed by atoms with van der Waals surface area (Å²) in [6.07, 6.45) is 9.99. The highest BCUT2D eigenvalue weighted by molar-refractivity contribution is 4.76. The molecule has 0 rings (SSSR count). The summed E-state index contributed by atoms with van der Waals surface area (Å²) in [6, 6.07) is 0. The van der Waals surface area contributed by atoms with Crippen LogP contribution in [0.4, 0.5) is 0 Å². The van der Waals surface area contributed by atoms with Gasteiger partial charge in [0, 0.05) is 0 Å². The van der Waals surface area contributed by atoms with Crippen molar-refractivity contribution in [3.05, 3.63) is 18.4 Å². The fourth-order valence-electron chi connectivity index (χ4n) is 1.36. The molecule has 1 unspecified atom stereocenters. The first kappa shape index (κ1) is 11.5. The lowest BCUT2D eigenvalue weighted by Crippen LogP contribution is -1.93. The molecule has 1 atom stereocenters. The minimum Gasteiger partial charge on any atom is -0.133 e. The molecule has 0 spiro atoms. The van der Waals surface area contributed by atoms with Gasteiger partial charge in [-0.15, -0.1) is 5.73 Å². The van der Waals surface area contributed by atoms with Crippen molar-refractivity contribution in [2.45, 2.75) is 52.4 Å². The van der Waals surface area contributed by atoms with Gasteiger partial charge in [-0.05, 0) is 24.8 Å². The second-order valence-electron chi connectivity index (χ2n) is 3.59. The van der Waals surface area contributed by atoms with Gasteiger partial charge in [0.2, 0.25) is 0 Å². The Kier molecular flexibility index (Phi) is 8.27. The summed E-state index contributed by atoms with van der Waals surface area (Å²) in [4.78, 5) is 0. The summed E-state index contributed by atoms with van der Waals surface area (Å²) in [5.74, 6) is 0.876. The van der Waals surface area contributed by atoms with Gasteiger partial charge in [-0.1, -0.05) is 46.1 Å². The number of hydrogen-bond acceptors (Lipinski definition) is 0. The molecule has 70 valence electrons. The summed E-state index contributed by atoms with van der Waals surface area (Å²) in [7, 11) is 0. The molecule has 0 fully saturated rings. The van der Waals surface area contributed by atoms with Gasteiger partial charge in [-0.3, -0.25) is 0 Å². The van der Waals surface area contributed by atoms with Crippen LogP contribution >= 0.6 is 0 Å². The molecule has 0 aromatic heterocycles. The zero-order chi connectivity index (χ0) is 9.23. The highest BCUT2D eigenvalue weighted by atomic mass is 14.0. The summed E-state index contributed by atoms with van der Waals surface area (Å²) in [5, 5.41) is 0. The maximum Gasteiger partial charge on any atom is -0.0272 e. The summed E-state index contributed by atoms with van der Waals surface area (Å²) >= 11 is 0. The van der Waals surface area contributed by atoms with Crippen molar-refractivity contribution in [2.24, 2.45) is 5.92 Å². The van der Waals surface area contributed by atoms with Gasteiger partial charge < -0.3 is 0 Å². The number of hydrogen-bond donors (Lipinski definition) is 0. The predicted octanol–water partition coefficient (Wildman–Crippen LogP) is 4.32. The largest absolute Gasteiger partial charge is 0.133 e. The molecule has 0 nitrogen and oxygen atoms in total. The van der Waals surface area contributed by atoms with Gasteiger partial charge in [-0.2, -0.15) is 0 Å². The molecule has 0 radical (unpaired) electrons. The van der Waals surface area contributed by atoms with Gasteiger partial charge in [0.1, 0.15) is 0 Å². The van der Waals surface area contributed by atoms with E-state index in [1.165, 1.54) is 32.1 Å². The van der Waals surface area contributed by atoms with Gasteiger partial charge in [0.25, 0.3) is 0 Å². The van der Waals surface area contributed by atoms with Crippen LogP contribution in [0.3, 0.4) is 0 Å². The maximum absolute atomic E-state index is 3.55. The second-order valence-corrected chi connectivity index (χ2v) is 3.59. The Morgan fingerprint density at radius 3 is 2.67 bits per heavy atom. The first-order valence-corrected chi connectivity index (χ1v) is 5.15. The smallest absolute Gasteiger partial charge is 0.0272 e. The van der Waals surface area contributed by atoms with Crippen molar-refractivity contribution in [3.63, 3.8) is 0 Å². The molecule has 0 aliphatic rings. The summed E-state index contributed by atoms with van der Waals surface area (Å²) < 4.78 is 0. The Bertz CT molecular complexity index is 129. The van der Waals surface area contributed by atoms with E-state index in [2.05, 4.69) is 26.2 Å². The maximum atomic E-state index is 3.55. The molecule has 0 aromatic carbocycles. The standard InChI is InChI=1S/C12H22/c1-4-6-8-10-12(3)11-9-7-5-2/h6,12H,1,5,7-11H2,2-3H3. The van der Waals surface area contributed by atoms with E-state index in [9.17, 15) is 0 Å². The lowest BCUT2D eigenvalue weighted by Gasteiger charge is -2.08. The lowest BCUT2D eigenvalue weighted by molar-refractivity contribution is 0.468. The van der Waals surface area contributed by atoms with Crippen molar-refractivity contribution in [1.29, 1.82) is 0 Å². The van der Waals surface area contributed by atoms with Crippen LogP contribution < -0.4 is 0 Å². The Morgan fingerprint density at radius 1 is 1.33 bits per heavy atom. The molecule has 12 heavy (non-hydrogen) atoms. The highest BCUT2D eigenvalue weighted by Crippen LogP contribution is 2.14. The summed E-state index contributed by atoms with van der Waals surface area (Å²) in [6.45, 7) is 8.15. The number of allylic oxidation sites excluding steroid dienone is 1. The molecule has 0 bridgehead atoms. The van der Waals surface area contributed by atoms with E-state index < -0.39 is 0 Å². The third kappa shape index (κ3) is 7.63. The van der Waals surface area contributed by atoms with Crippen LogP contribution in [0.25, 0.3) is 0 Å². The molecular weight excluding hydrogens is 144 g/mol. The second kappa shape index (κ2) is 8.62. The molecule has 0 amide bonds. The zero-order valence-electron chi connectivity index (χ0n) is 8.60. The van der Waals surface area contributed by atoms with Crippen LogP contribution in [0.1, 0.15) is 52.4 Å². The molecule has 0 saturated heterocycles. The molecule has 0 heteroatoms. The normalized spacial score (nSPS) is 12.2. The van der Waals surface area contributed by atoms with Gasteiger partial charge in [-0.25, -0.2) is 0 Å². The van der Waals surface area contributed by atoms with Crippen molar-refractivity contribution in [2.75, 3.05) is 0 Å². The van der Waals surface area contributed by atoms with Gasteiger partial charge in [0.15, 0.2) is 0 Å². The monoisotopic (exact) mass is 166 g/mol. The summed E-state index contributed by atoms with van der Waals surface area (Å²) in [5.41, 5.74) is 2.82. The van der Waals surface area contributed by atoms with E-state index in [1.54, 1.807) is 0 Å². The minimum absolute atomic E-state index is 0.876. The van der Waals surface area contributed by atoms with E-state index in [0.717, 1.165) is 12.3 Å². The molecule has 0 N–H and O–H groups in total. The van der Waals surface area contributed by atoms with E-state index in [1.807, 2.05) is 6.08 Å². The Morgan fingerprint density at radius 2 is 2.08 bits per heavy atom. The van der Waals surface area contributed by atoms with Crippen LogP contribution in [0.2, 0.25) is 0 Å². The van der Waals surface area contributed by atoms with E-state index >= 15 is 0 Å². The van der Waals surface area contributed by atoms with Crippen molar-refractivity contribution >= 4 is 0 Å². The Labute approximate surface area is 77.4 Å². The molecular formula is C12H22. The molecule has 0 aliphatic carbocycles. The third-order valence-electron chi connectivity index (χ3n) is 2.25. The third-order valence-corrected chi connectivity index (χ3v) is 2.25. The zero-order valence-corrected chi connectivity index (χ0v) is 8.60. The van der Waals surface area contributed by atoms with Gasteiger partial charge in [0.05, 0.1) is 0 Å². The minimum atomic E-state index is 0.876. The Hall–Kier alpha value is -0.480. The topological polar surface area (TPSA) is 0 Å². The Balaban J connectivity index is 3.20. The predicted molar refractivity (Wildman–Crippen MR) is 56.3 cm³/mol. The van der Waals surface area contributed by atoms with Crippen LogP contribution in [0, 0.1) is 5.92 Å². The fraction of sp³-hybridized carbons (Fsp3) is 0.750. The fourth-order valence-corrected chi connectivity index (χ4v) is 1.36. The van der Waals surface area contributed by atoms with Crippen LogP contribution in [-0.2, 0) is 0 Å². The molecule has 0 aromatic rings. The van der Waals surface area contributed by atoms with Crippen LogP contribution in [0.5, 0.6) is 0 Å². The van der Waals surface area contributed by atoms with E-state index in [0.29, 0.717) is 0 Å². The van der Waals surface area contributed by atoms with Crippen LogP contribution in [-0.4, -0.2) is 0 Å². The van der Waals surface area contributed by atoms with Gasteiger partial charge >= 0.3 is 0 Å².